The molecule has 2 heterocycles. The fourth-order valence-corrected chi connectivity index (χ4v) is 11.0. The Bertz CT molecular complexity index is 1540. The van der Waals surface area contributed by atoms with Gasteiger partial charge in [0, 0.05) is 6.42 Å². The maximum absolute atomic E-state index is 13.3. The molecule has 1 amide bonds. The number of aliphatic hydroxyl groups is 8. The lowest BCUT2D eigenvalue weighted by atomic mass is 9.97. The van der Waals surface area contributed by atoms with Gasteiger partial charge in [-0.1, -0.05) is 268 Å². The molecule has 2 fully saturated rings. The van der Waals surface area contributed by atoms with Gasteiger partial charge >= 0.3 is 0 Å². The minimum Gasteiger partial charge on any atom is -0.394 e. The van der Waals surface area contributed by atoms with Crippen LogP contribution in [0.5, 0.6) is 0 Å². The summed E-state index contributed by atoms with van der Waals surface area (Å²) in [4.78, 5) is 13.3. The van der Waals surface area contributed by atoms with E-state index in [1.54, 1.807) is 0 Å². The zero-order valence-corrected chi connectivity index (χ0v) is 51.3. The summed E-state index contributed by atoms with van der Waals surface area (Å²) in [5.41, 5.74) is 0. The van der Waals surface area contributed by atoms with Gasteiger partial charge in [-0.15, -0.1) is 0 Å². The topological polar surface area (TPSA) is 228 Å². The van der Waals surface area contributed by atoms with Gasteiger partial charge in [0.15, 0.2) is 12.6 Å². The summed E-state index contributed by atoms with van der Waals surface area (Å²) in [6, 6.07) is -0.834. The molecular weight excluding hydrogens is 1030 g/mol. The first-order valence-corrected chi connectivity index (χ1v) is 33.4. The van der Waals surface area contributed by atoms with Crippen LogP contribution in [0.1, 0.15) is 277 Å². The van der Waals surface area contributed by atoms with Crippen LogP contribution in [-0.4, -0.2) is 140 Å². The smallest absolute Gasteiger partial charge is 0.220 e. The molecule has 2 aliphatic heterocycles. The zero-order chi connectivity index (χ0) is 58.8. The first-order valence-electron chi connectivity index (χ1n) is 33.4. The van der Waals surface area contributed by atoms with Crippen LogP contribution in [0.4, 0.5) is 0 Å². The van der Waals surface area contributed by atoms with E-state index in [4.69, 9.17) is 18.9 Å². The van der Waals surface area contributed by atoms with Crippen molar-refractivity contribution < 1.29 is 64.6 Å². The van der Waals surface area contributed by atoms with E-state index in [0.717, 1.165) is 83.5 Å². The van der Waals surface area contributed by atoms with Gasteiger partial charge < -0.3 is 65.1 Å². The third-order valence-corrected chi connectivity index (χ3v) is 16.3. The number of allylic oxidation sites excluding steroid dienone is 8. The van der Waals surface area contributed by atoms with E-state index in [1.165, 1.54) is 167 Å². The normalized spacial score (nSPS) is 24.4. The van der Waals surface area contributed by atoms with Crippen molar-refractivity contribution in [3.05, 3.63) is 48.6 Å². The van der Waals surface area contributed by atoms with E-state index < -0.39 is 86.8 Å². The van der Waals surface area contributed by atoms with Crippen molar-refractivity contribution in [1.29, 1.82) is 0 Å². The van der Waals surface area contributed by atoms with Crippen LogP contribution in [0.15, 0.2) is 48.6 Å². The summed E-state index contributed by atoms with van der Waals surface area (Å²) in [5, 5.41) is 87.5. The highest BCUT2D eigenvalue weighted by atomic mass is 16.7. The summed E-state index contributed by atoms with van der Waals surface area (Å²) in [7, 11) is 0. The number of aliphatic hydroxyl groups excluding tert-OH is 8. The van der Waals surface area contributed by atoms with E-state index >= 15 is 0 Å². The van der Waals surface area contributed by atoms with E-state index in [1.807, 2.05) is 0 Å². The molecule has 0 radical (unpaired) electrons. The maximum atomic E-state index is 13.3. The molecule has 81 heavy (non-hydrogen) atoms. The van der Waals surface area contributed by atoms with Gasteiger partial charge in [-0.25, -0.2) is 0 Å². The van der Waals surface area contributed by atoms with E-state index in [9.17, 15) is 45.6 Å². The highest BCUT2D eigenvalue weighted by Crippen LogP contribution is 2.30. The molecule has 2 saturated heterocycles. The van der Waals surface area contributed by atoms with Crippen molar-refractivity contribution in [2.75, 3.05) is 19.8 Å². The second kappa shape index (κ2) is 52.3. The van der Waals surface area contributed by atoms with Gasteiger partial charge in [0.1, 0.15) is 48.8 Å². The molecule has 474 valence electrons. The molecule has 14 nitrogen and oxygen atoms in total. The first-order chi connectivity index (χ1) is 39.6. The Balaban J connectivity index is 1.70. The molecule has 2 aliphatic rings. The number of ether oxygens (including phenoxy) is 4. The first kappa shape index (κ1) is 75.0. The summed E-state index contributed by atoms with van der Waals surface area (Å²) < 4.78 is 22.9. The average Bonchev–Trinajstić information content (AvgIpc) is 3.47. The highest BCUT2D eigenvalue weighted by molar-refractivity contribution is 5.76. The van der Waals surface area contributed by atoms with Crippen LogP contribution >= 0.6 is 0 Å². The summed E-state index contributed by atoms with van der Waals surface area (Å²) in [6.45, 7) is 2.78. The molecule has 9 N–H and O–H groups in total. The molecular formula is C67H123NO13. The van der Waals surface area contributed by atoms with E-state index in [2.05, 4.69) is 67.8 Å². The second-order valence-corrected chi connectivity index (χ2v) is 23.6. The molecule has 0 aromatic rings. The van der Waals surface area contributed by atoms with Crippen molar-refractivity contribution in [3.8, 4) is 0 Å². The van der Waals surface area contributed by atoms with Gasteiger partial charge in [0.2, 0.25) is 5.91 Å². The van der Waals surface area contributed by atoms with Gasteiger partial charge in [-0.3, -0.25) is 4.79 Å². The van der Waals surface area contributed by atoms with Crippen molar-refractivity contribution in [2.45, 2.75) is 351 Å². The summed E-state index contributed by atoms with van der Waals surface area (Å²) in [6.07, 6.45) is 49.7. The lowest BCUT2D eigenvalue weighted by Gasteiger charge is -2.46. The number of hydrogen-bond donors (Lipinski definition) is 9. The molecule has 0 spiro atoms. The number of amides is 1. The molecule has 12 atom stereocenters. The standard InChI is InChI=1S/C67H123NO13/c1-3-5-7-9-11-13-15-17-19-21-23-25-27-29-30-32-34-36-38-40-42-44-46-48-50-56(71)55(54-78-66-64(77)62(75)65(58(53-70)80-66)81-67-63(76)61(74)60(73)57(52-69)79-67)68-59(72)51-49-47-45-43-41-39-37-35-33-31-28-26-24-22-20-18-16-14-12-10-8-6-4-2/h6,8,12,14,18,20,24,26,55-58,60-67,69-71,73-77H,3-5,7,9-11,13,15-17,19,21-23,25,27-54H2,1-2H3,(H,68,72)/b8-6-,14-12-,20-18-,26-24-. The predicted octanol–water partition coefficient (Wildman–Crippen LogP) is 12.7. The Morgan fingerprint density at radius 1 is 0.457 bits per heavy atom. The van der Waals surface area contributed by atoms with Crippen molar-refractivity contribution in [3.63, 3.8) is 0 Å². The van der Waals surface area contributed by atoms with Crippen LogP contribution in [0.3, 0.4) is 0 Å². The zero-order valence-electron chi connectivity index (χ0n) is 51.3. The number of unbranched alkanes of at least 4 members (excludes halogenated alkanes) is 33. The molecule has 14 heteroatoms. The van der Waals surface area contributed by atoms with Crippen LogP contribution in [0.25, 0.3) is 0 Å². The molecule has 12 unspecified atom stereocenters. The molecule has 0 aromatic heterocycles. The van der Waals surface area contributed by atoms with Crippen LogP contribution < -0.4 is 5.32 Å². The fourth-order valence-electron chi connectivity index (χ4n) is 11.0. The van der Waals surface area contributed by atoms with Crippen molar-refractivity contribution in [1.82, 2.24) is 5.32 Å². The molecule has 0 bridgehead atoms. The Morgan fingerprint density at radius 3 is 1.31 bits per heavy atom. The molecule has 2 rings (SSSR count). The second-order valence-electron chi connectivity index (χ2n) is 23.6. The Morgan fingerprint density at radius 2 is 0.852 bits per heavy atom. The minimum atomic E-state index is -1.78. The lowest BCUT2D eigenvalue weighted by Crippen LogP contribution is -2.65. The van der Waals surface area contributed by atoms with Gasteiger partial charge in [-0.05, 0) is 51.4 Å². The summed E-state index contributed by atoms with van der Waals surface area (Å²) in [5.74, 6) is -0.209. The Hall–Kier alpha value is -2.05. The minimum absolute atomic E-state index is 0.209. The van der Waals surface area contributed by atoms with Gasteiger partial charge in [-0.2, -0.15) is 0 Å². The summed E-state index contributed by atoms with van der Waals surface area (Å²) >= 11 is 0. The number of rotatable bonds is 54. The van der Waals surface area contributed by atoms with Gasteiger partial charge in [0.05, 0.1) is 32.0 Å². The lowest BCUT2D eigenvalue weighted by molar-refractivity contribution is -0.359. The monoisotopic (exact) mass is 1150 g/mol. The number of carbonyl (C=O) groups is 1. The largest absolute Gasteiger partial charge is 0.394 e. The highest BCUT2D eigenvalue weighted by Gasteiger charge is 2.51. The average molecular weight is 1150 g/mol. The Kier molecular flexibility index (Phi) is 48.5. The third kappa shape index (κ3) is 37.2. The maximum Gasteiger partial charge on any atom is 0.220 e. The van der Waals surface area contributed by atoms with Crippen molar-refractivity contribution in [2.24, 2.45) is 0 Å². The van der Waals surface area contributed by atoms with Crippen LogP contribution in [0, 0.1) is 0 Å². The number of hydrogen-bond acceptors (Lipinski definition) is 13. The number of carbonyl (C=O) groups excluding carboxylic acids is 1. The van der Waals surface area contributed by atoms with E-state index in [0.29, 0.717) is 12.8 Å². The molecule has 0 aliphatic carbocycles. The van der Waals surface area contributed by atoms with Crippen LogP contribution in [-0.2, 0) is 23.7 Å². The SMILES string of the molecule is CC/C=C\C/C=C\C/C=C\C/C=C\CCCCCCCCCCCCC(=O)NC(COC1OC(CO)C(OC2OC(CO)C(O)C(O)C2O)C(O)C1O)C(O)CCCCCCCCCCCCCCCCCCCCCCCCCC. The predicted molar refractivity (Wildman–Crippen MR) is 327 cm³/mol. The third-order valence-electron chi connectivity index (χ3n) is 16.3. The fraction of sp³-hybridized carbons (Fsp3) is 0.866. The van der Waals surface area contributed by atoms with E-state index in [-0.39, 0.29) is 12.5 Å². The molecule has 0 saturated carbocycles. The Labute approximate surface area is 493 Å². The van der Waals surface area contributed by atoms with Gasteiger partial charge in [0.25, 0.3) is 0 Å². The van der Waals surface area contributed by atoms with Crippen LogP contribution in [0.2, 0.25) is 0 Å². The molecule has 0 aromatic carbocycles. The number of nitrogens with one attached hydrogen (secondary N) is 1. The quantitative estimate of drug-likeness (QED) is 0.0204. The van der Waals surface area contributed by atoms with Crippen molar-refractivity contribution >= 4 is 5.91 Å².